The van der Waals surface area contributed by atoms with Crippen LogP contribution >= 0.6 is 0 Å². The summed E-state index contributed by atoms with van der Waals surface area (Å²) in [6.45, 7) is 1.84. The highest BCUT2D eigenvalue weighted by Gasteiger charge is 2.16. The second-order valence-electron chi connectivity index (χ2n) is 4.64. The summed E-state index contributed by atoms with van der Waals surface area (Å²) in [5.74, 6) is -0.633. The molecule has 2 rings (SSSR count). The third-order valence-corrected chi connectivity index (χ3v) is 3.10. The number of phenols is 1. The molecular formula is C17H17NO5. The number of phenolic OH excluding ortho intramolecular Hbond substituents is 1. The van der Waals surface area contributed by atoms with Gasteiger partial charge in [-0.2, -0.15) is 0 Å². The summed E-state index contributed by atoms with van der Waals surface area (Å²) in [5.41, 5.74) is 0.775. The van der Waals surface area contributed by atoms with Gasteiger partial charge in [0.1, 0.15) is 17.1 Å². The van der Waals surface area contributed by atoms with Crippen molar-refractivity contribution in [2.24, 2.45) is 0 Å². The first-order valence-electron chi connectivity index (χ1n) is 7.00. The van der Waals surface area contributed by atoms with E-state index in [2.05, 4.69) is 5.32 Å². The standard InChI is InChI=1S/C17H17NO5/c1-3-23-17(21)14-10-11(4-9-15(14)19)16(20)18-12-5-7-13(22-2)8-6-12/h4-10,19H,3H2,1-2H3,(H,18,20). The number of anilines is 1. The van der Waals surface area contributed by atoms with E-state index >= 15 is 0 Å². The molecule has 0 radical (unpaired) electrons. The van der Waals surface area contributed by atoms with Crippen LogP contribution in [0.1, 0.15) is 27.6 Å². The van der Waals surface area contributed by atoms with Crippen molar-refractivity contribution in [2.75, 3.05) is 19.0 Å². The summed E-state index contributed by atoms with van der Waals surface area (Å²) in [7, 11) is 1.56. The van der Waals surface area contributed by atoms with Crippen molar-refractivity contribution in [3.63, 3.8) is 0 Å². The Balaban J connectivity index is 2.18. The van der Waals surface area contributed by atoms with Gasteiger partial charge in [0, 0.05) is 11.3 Å². The minimum Gasteiger partial charge on any atom is -0.507 e. The Morgan fingerprint density at radius 2 is 1.83 bits per heavy atom. The average molecular weight is 315 g/mol. The number of carbonyl (C=O) groups excluding carboxylic acids is 2. The molecule has 0 heterocycles. The van der Waals surface area contributed by atoms with Crippen molar-refractivity contribution in [3.05, 3.63) is 53.6 Å². The lowest BCUT2D eigenvalue weighted by molar-refractivity contribution is 0.0523. The highest BCUT2D eigenvalue weighted by molar-refractivity contribution is 6.06. The van der Waals surface area contributed by atoms with Crippen LogP contribution in [-0.2, 0) is 4.74 Å². The molecular weight excluding hydrogens is 298 g/mol. The molecule has 6 heteroatoms. The number of benzene rings is 2. The molecule has 0 saturated heterocycles. The maximum Gasteiger partial charge on any atom is 0.341 e. The van der Waals surface area contributed by atoms with Gasteiger partial charge >= 0.3 is 5.97 Å². The molecule has 0 aliphatic carbocycles. The van der Waals surface area contributed by atoms with Gasteiger partial charge < -0.3 is 19.9 Å². The van der Waals surface area contributed by atoms with E-state index in [1.54, 1.807) is 38.3 Å². The molecule has 0 spiro atoms. The fourth-order valence-corrected chi connectivity index (χ4v) is 1.93. The Kier molecular flexibility index (Phi) is 5.19. The average Bonchev–Trinajstić information content (AvgIpc) is 2.56. The summed E-state index contributed by atoms with van der Waals surface area (Å²) >= 11 is 0. The predicted molar refractivity (Wildman–Crippen MR) is 85.0 cm³/mol. The van der Waals surface area contributed by atoms with E-state index < -0.39 is 11.9 Å². The molecule has 0 saturated carbocycles. The van der Waals surface area contributed by atoms with E-state index in [1.165, 1.54) is 18.2 Å². The number of hydrogen-bond acceptors (Lipinski definition) is 5. The van der Waals surface area contributed by atoms with Crippen molar-refractivity contribution in [1.29, 1.82) is 0 Å². The maximum atomic E-state index is 12.2. The highest BCUT2D eigenvalue weighted by atomic mass is 16.5. The first-order valence-corrected chi connectivity index (χ1v) is 7.00. The number of ether oxygens (including phenoxy) is 2. The Hall–Kier alpha value is -3.02. The SMILES string of the molecule is CCOC(=O)c1cc(C(=O)Nc2ccc(OC)cc2)ccc1O. The van der Waals surface area contributed by atoms with Crippen LogP contribution in [0.2, 0.25) is 0 Å². The molecule has 0 aliphatic rings. The number of carbonyl (C=O) groups is 2. The molecule has 2 aromatic carbocycles. The Bertz CT molecular complexity index is 709. The fourth-order valence-electron chi connectivity index (χ4n) is 1.93. The monoisotopic (exact) mass is 315 g/mol. The predicted octanol–water partition coefficient (Wildman–Crippen LogP) is 2.83. The van der Waals surface area contributed by atoms with Gasteiger partial charge in [0.2, 0.25) is 0 Å². The van der Waals surface area contributed by atoms with Crippen LogP contribution in [0.5, 0.6) is 11.5 Å². The van der Waals surface area contributed by atoms with E-state index in [9.17, 15) is 14.7 Å². The molecule has 120 valence electrons. The largest absolute Gasteiger partial charge is 0.507 e. The zero-order valence-electron chi connectivity index (χ0n) is 12.8. The van der Waals surface area contributed by atoms with Gasteiger partial charge in [-0.25, -0.2) is 4.79 Å². The van der Waals surface area contributed by atoms with Crippen LogP contribution < -0.4 is 10.1 Å². The van der Waals surface area contributed by atoms with E-state index in [0.29, 0.717) is 11.4 Å². The van der Waals surface area contributed by atoms with Gasteiger partial charge in [-0.3, -0.25) is 4.79 Å². The van der Waals surface area contributed by atoms with Crippen molar-refractivity contribution < 1.29 is 24.2 Å². The van der Waals surface area contributed by atoms with Crippen molar-refractivity contribution in [3.8, 4) is 11.5 Å². The molecule has 2 aromatic rings. The molecule has 0 aliphatic heterocycles. The molecule has 0 aromatic heterocycles. The summed E-state index contributed by atoms with van der Waals surface area (Å²) in [4.78, 5) is 24.0. The highest BCUT2D eigenvalue weighted by Crippen LogP contribution is 2.21. The van der Waals surface area contributed by atoms with Gasteiger partial charge in [0.25, 0.3) is 5.91 Å². The van der Waals surface area contributed by atoms with Crippen LogP contribution in [0.25, 0.3) is 0 Å². The number of aromatic hydroxyl groups is 1. The molecule has 0 bridgehead atoms. The zero-order chi connectivity index (χ0) is 16.8. The first kappa shape index (κ1) is 16.4. The summed E-state index contributed by atoms with van der Waals surface area (Å²) < 4.78 is 9.89. The fraction of sp³-hybridized carbons (Fsp3) is 0.176. The number of amides is 1. The summed E-state index contributed by atoms with van der Waals surface area (Å²) in [6, 6.07) is 10.8. The molecule has 0 unspecified atom stereocenters. The smallest absolute Gasteiger partial charge is 0.341 e. The van der Waals surface area contributed by atoms with Crippen molar-refractivity contribution >= 4 is 17.6 Å². The van der Waals surface area contributed by atoms with Crippen LogP contribution in [0, 0.1) is 0 Å². The lowest BCUT2D eigenvalue weighted by Gasteiger charge is -2.09. The molecule has 23 heavy (non-hydrogen) atoms. The third-order valence-electron chi connectivity index (χ3n) is 3.10. The van der Waals surface area contributed by atoms with Gasteiger partial charge in [0.05, 0.1) is 13.7 Å². The minimum atomic E-state index is -0.677. The topological polar surface area (TPSA) is 84.9 Å². The Morgan fingerprint density at radius 3 is 2.43 bits per heavy atom. The van der Waals surface area contributed by atoms with Gasteiger partial charge in [0.15, 0.2) is 0 Å². The molecule has 0 atom stereocenters. The van der Waals surface area contributed by atoms with Gasteiger partial charge in [-0.1, -0.05) is 0 Å². The first-order chi connectivity index (χ1) is 11.0. The summed E-state index contributed by atoms with van der Waals surface area (Å²) in [5, 5.41) is 12.4. The van der Waals surface area contributed by atoms with Gasteiger partial charge in [-0.15, -0.1) is 0 Å². The number of methoxy groups -OCH3 is 1. The lowest BCUT2D eigenvalue weighted by Crippen LogP contribution is -2.13. The lowest BCUT2D eigenvalue weighted by atomic mass is 10.1. The molecule has 2 N–H and O–H groups in total. The number of rotatable bonds is 5. The normalized spacial score (nSPS) is 10.0. The van der Waals surface area contributed by atoms with E-state index in [1.807, 2.05) is 0 Å². The second-order valence-corrected chi connectivity index (χ2v) is 4.64. The maximum absolute atomic E-state index is 12.2. The third kappa shape index (κ3) is 4.00. The quantitative estimate of drug-likeness (QED) is 0.829. The van der Waals surface area contributed by atoms with E-state index in [4.69, 9.17) is 9.47 Å². The van der Waals surface area contributed by atoms with Crippen LogP contribution in [0.15, 0.2) is 42.5 Å². The molecule has 1 amide bonds. The van der Waals surface area contributed by atoms with Crippen molar-refractivity contribution in [2.45, 2.75) is 6.92 Å². The summed E-state index contributed by atoms with van der Waals surface area (Å²) in [6.07, 6.45) is 0. The van der Waals surface area contributed by atoms with E-state index in [0.717, 1.165) is 0 Å². The number of esters is 1. The van der Waals surface area contributed by atoms with Crippen molar-refractivity contribution in [1.82, 2.24) is 0 Å². The number of nitrogens with one attached hydrogen (secondary N) is 1. The van der Waals surface area contributed by atoms with E-state index in [-0.39, 0.29) is 23.5 Å². The Morgan fingerprint density at radius 1 is 1.13 bits per heavy atom. The minimum absolute atomic E-state index is 0.0470. The van der Waals surface area contributed by atoms with Crippen LogP contribution in [-0.4, -0.2) is 30.7 Å². The Labute approximate surface area is 133 Å². The second kappa shape index (κ2) is 7.31. The van der Waals surface area contributed by atoms with Crippen LogP contribution in [0.4, 0.5) is 5.69 Å². The molecule has 6 nitrogen and oxygen atoms in total. The van der Waals surface area contributed by atoms with Crippen LogP contribution in [0.3, 0.4) is 0 Å². The molecule has 0 fully saturated rings. The zero-order valence-corrected chi connectivity index (χ0v) is 12.8. The number of hydrogen-bond donors (Lipinski definition) is 2. The van der Waals surface area contributed by atoms with Gasteiger partial charge in [-0.05, 0) is 49.4 Å².